The van der Waals surface area contributed by atoms with Crippen molar-refractivity contribution in [1.29, 1.82) is 0 Å². The molecule has 1 aromatic carbocycles. The average molecular weight is 217 g/mol. The molecule has 2 aromatic rings. The molecule has 0 aliphatic carbocycles. The predicted octanol–water partition coefficient (Wildman–Crippen LogP) is 1.19. The molecule has 1 aromatic heterocycles. The summed E-state index contributed by atoms with van der Waals surface area (Å²) in [4.78, 5) is 22.8. The third kappa shape index (κ3) is 1.46. The van der Waals surface area contributed by atoms with Crippen LogP contribution in [0.25, 0.3) is 10.9 Å². The first-order chi connectivity index (χ1) is 7.65. The predicted molar refractivity (Wildman–Crippen MR) is 59.2 cm³/mol. The van der Waals surface area contributed by atoms with Gasteiger partial charge in [0.25, 0.3) is 5.91 Å². The first kappa shape index (κ1) is 10.4. The molecule has 2 rings (SSSR count). The first-order valence-electron chi connectivity index (χ1n) is 4.96. The molecular weight excluding hydrogens is 206 g/mol. The molecule has 16 heavy (non-hydrogen) atoms. The van der Waals surface area contributed by atoms with Gasteiger partial charge in [-0.15, -0.1) is 0 Å². The summed E-state index contributed by atoms with van der Waals surface area (Å²) >= 11 is 0. The maximum Gasteiger partial charge on any atom is 0.269 e. The van der Waals surface area contributed by atoms with Crippen molar-refractivity contribution in [2.75, 3.05) is 0 Å². The Morgan fingerprint density at radius 2 is 2.06 bits per heavy atom. The van der Waals surface area contributed by atoms with E-state index in [2.05, 4.69) is 5.10 Å². The molecule has 0 bridgehead atoms. The van der Waals surface area contributed by atoms with E-state index in [-0.39, 0.29) is 11.6 Å². The molecule has 0 saturated heterocycles. The summed E-state index contributed by atoms with van der Waals surface area (Å²) in [6.07, 6.45) is 0.323. The number of hydrogen-bond acceptors (Lipinski definition) is 3. The second-order valence-corrected chi connectivity index (χ2v) is 3.39. The van der Waals surface area contributed by atoms with E-state index >= 15 is 0 Å². The molecule has 5 nitrogen and oxygen atoms in total. The van der Waals surface area contributed by atoms with E-state index in [1.165, 1.54) is 4.68 Å². The van der Waals surface area contributed by atoms with Crippen molar-refractivity contribution < 1.29 is 9.59 Å². The van der Waals surface area contributed by atoms with Crippen molar-refractivity contribution in [3.05, 3.63) is 30.0 Å². The summed E-state index contributed by atoms with van der Waals surface area (Å²) in [6, 6.07) is 7.02. The van der Waals surface area contributed by atoms with Gasteiger partial charge in [0.05, 0.1) is 5.52 Å². The number of carbonyl (C=O) groups is 2. The fraction of sp³-hybridized carbons (Fsp3) is 0.182. The Morgan fingerprint density at radius 3 is 2.69 bits per heavy atom. The third-order valence-corrected chi connectivity index (χ3v) is 2.36. The zero-order valence-electron chi connectivity index (χ0n) is 8.80. The number of benzene rings is 1. The van der Waals surface area contributed by atoms with E-state index in [0.717, 1.165) is 0 Å². The molecule has 0 saturated carbocycles. The van der Waals surface area contributed by atoms with Crippen LogP contribution in [-0.4, -0.2) is 21.6 Å². The Bertz CT molecular complexity index is 572. The lowest BCUT2D eigenvalue weighted by Crippen LogP contribution is -2.15. The minimum Gasteiger partial charge on any atom is -0.364 e. The van der Waals surface area contributed by atoms with Crippen LogP contribution >= 0.6 is 0 Å². The molecule has 0 unspecified atom stereocenters. The van der Waals surface area contributed by atoms with Crippen LogP contribution in [0.2, 0.25) is 0 Å². The summed E-state index contributed by atoms with van der Waals surface area (Å²) in [5, 5.41) is 4.56. The quantitative estimate of drug-likeness (QED) is 0.820. The number of para-hydroxylation sites is 1. The molecule has 0 atom stereocenters. The SMILES string of the molecule is CCC(=O)n1nc(C(N)=O)c2ccccc21. The fourth-order valence-electron chi connectivity index (χ4n) is 1.59. The summed E-state index contributed by atoms with van der Waals surface area (Å²) < 4.78 is 1.23. The van der Waals surface area contributed by atoms with Crippen LogP contribution in [0.5, 0.6) is 0 Å². The lowest BCUT2D eigenvalue weighted by atomic mass is 10.2. The minimum absolute atomic E-state index is 0.136. The third-order valence-electron chi connectivity index (χ3n) is 2.36. The van der Waals surface area contributed by atoms with Crippen LogP contribution in [0.15, 0.2) is 24.3 Å². The van der Waals surface area contributed by atoms with E-state index in [0.29, 0.717) is 17.3 Å². The van der Waals surface area contributed by atoms with Gasteiger partial charge in [-0.1, -0.05) is 25.1 Å². The van der Waals surface area contributed by atoms with Crippen LogP contribution in [-0.2, 0) is 0 Å². The van der Waals surface area contributed by atoms with Crippen molar-refractivity contribution in [3.63, 3.8) is 0 Å². The highest BCUT2D eigenvalue weighted by Gasteiger charge is 2.16. The van der Waals surface area contributed by atoms with Crippen LogP contribution in [0.4, 0.5) is 0 Å². The van der Waals surface area contributed by atoms with Gasteiger partial charge in [0.1, 0.15) is 0 Å². The molecule has 1 heterocycles. The van der Waals surface area contributed by atoms with Gasteiger partial charge in [-0.05, 0) is 6.07 Å². The van der Waals surface area contributed by atoms with Crippen LogP contribution < -0.4 is 5.73 Å². The van der Waals surface area contributed by atoms with Gasteiger partial charge in [0.15, 0.2) is 5.69 Å². The number of rotatable bonds is 2. The van der Waals surface area contributed by atoms with Gasteiger partial charge in [-0.3, -0.25) is 9.59 Å². The zero-order valence-corrected chi connectivity index (χ0v) is 8.80. The Kier molecular flexibility index (Phi) is 2.44. The monoisotopic (exact) mass is 217 g/mol. The molecule has 5 heteroatoms. The summed E-state index contributed by atoms with van der Waals surface area (Å²) in [7, 11) is 0. The van der Waals surface area contributed by atoms with Gasteiger partial charge in [-0.2, -0.15) is 9.78 Å². The highest BCUT2D eigenvalue weighted by atomic mass is 16.2. The molecule has 0 radical (unpaired) electrons. The Labute approximate surface area is 91.8 Å². The zero-order chi connectivity index (χ0) is 11.7. The van der Waals surface area contributed by atoms with Crippen molar-refractivity contribution in [1.82, 2.24) is 9.78 Å². The number of primary amides is 1. The molecule has 0 aliphatic rings. The summed E-state index contributed by atoms with van der Waals surface area (Å²) in [5.41, 5.74) is 5.96. The van der Waals surface area contributed by atoms with Gasteiger partial charge in [0, 0.05) is 11.8 Å². The standard InChI is InChI=1S/C11H11N3O2/c1-2-9(15)14-8-6-4-3-5-7(8)10(13-14)11(12)16/h3-6H,2H2,1H3,(H2,12,16). The largest absolute Gasteiger partial charge is 0.364 e. The minimum atomic E-state index is -0.626. The Hall–Kier alpha value is -2.17. The van der Waals surface area contributed by atoms with Crippen molar-refractivity contribution >= 4 is 22.7 Å². The van der Waals surface area contributed by atoms with E-state index in [1.54, 1.807) is 31.2 Å². The molecule has 0 fully saturated rings. The molecule has 0 aliphatic heterocycles. The average Bonchev–Trinajstić information content (AvgIpc) is 2.67. The fourth-order valence-corrected chi connectivity index (χ4v) is 1.59. The number of aromatic nitrogens is 2. The lowest BCUT2D eigenvalue weighted by molar-refractivity contribution is 0.0897. The van der Waals surface area contributed by atoms with E-state index in [9.17, 15) is 9.59 Å². The smallest absolute Gasteiger partial charge is 0.269 e. The maximum atomic E-state index is 11.6. The van der Waals surface area contributed by atoms with Crippen molar-refractivity contribution in [2.24, 2.45) is 5.73 Å². The van der Waals surface area contributed by atoms with Crippen molar-refractivity contribution in [3.8, 4) is 0 Å². The molecular formula is C11H11N3O2. The van der Waals surface area contributed by atoms with Gasteiger partial charge in [-0.25, -0.2) is 0 Å². The number of amides is 1. The molecule has 82 valence electrons. The van der Waals surface area contributed by atoms with Crippen molar-refractivity contribution in [2.45, 2.75) is 13.3 Å². The summed E-state index contributed by atoms with van der Waals surface area (Å²) in [5.74, 6) is -0.789. The molecule has 0 spiro atoms. The maximum absolute atomic E-state index is 11.6. The van der Waals surface area contributed by atoms with Crippen LogP contribution in [0, 0.1) is 0 Å². The first-order valence-corrected chi connectivity index (χ1v) is 4.96. The van der Waals surface area contributed by atoms with Gasteiger partial charge >= 0.3 is 0 Å². The number of fused-ring (bicyclic) bond motifs is 1. The second-order valence-electron chi connectivity index (χ2n) is 3.39. The van der Waals surface area contributed by atoms with E-state index in [1.807, 2.05) is 0 Å². The number of nitrogens with two attached hydrogens (primary N) is 1. The number of nitrogens with zero attached hydrogens (tertiary/aromatic N) is 2. The Morgan fingerprint density at radius 1 is 1.38 bits per heavy atom. The normalized spacial score (nSPS) is 10.6. The number of hydrogen-bond donors (Lipinski definition) is 1. The van der Waals surface area contributed by atoms with E-state index in [4.69, 9.17) is 5.73 Å². The van der Waals surface area contributed by atoms with Crippen LogP contribution in [0.1, 0.15) is 28.6 Å². The second kappa shape index (κ2) is 3.77. The topological polar surface area (TPSA) is 78.0 Å². The van der Waals surface area contributed by atoms with Gasteiger partial charge < -0.3 is 5.73 Å². The highest BCUT2D eigenvalue weighted by Crippen LogP contribution is 2.18. The lowest BCUT2D eigenvalue weighted by Gasteiger charge is -1.97. The summed E-state index contributed by atoms with van der Waals surface area (Å²) in [6.45, 7) is 1.74. The molecule has 1 amide bonds. The number of carbonyl (C=O) groups excluding carboxylic acids is 2. The molecule has 2 N–H and O–H groups in total. The van der Waals surface area contributed by atoms with E-state index < -0.39 is 5.91 Å². The van der Waals surface area contributed by atoms with Gasteiger partial charge in [0.2, 0.25) is 5.91 Å². The highest BCUT2D eigenvalue weighted by molar-refractivity contribution is 6.06. The van der Waals surface area contributed by atoms with Crippen LogP contribution in [0.3, 0.4) is 0 Å². The Balaban J connectivity index is 2.76.